The van der Waals surface area contributed by atoms with Gasteiger partial charge >= 0.3 is 11.9 Å². The van der Waals surface area contributed by atoms with Gasteiger partial charge in [-0.1, -0.05) is 25.3 Å². The van der Waals surface area contributed by atoms with Crippen molar-refractivity contribution in [3.63, 3.8) is 0 Å². The molecule has 0 saturated heterocycles. The number of hydrogen-bond acceptors (Lipinski definition) is 3. The van der Waals surface area contributed by atoms with Crippen LogP contribution in [0, 0.1) is 0 Å². The molecule has 0 saturated carbocycles. The average Bonchev–Trinajstić information content (AvgIpc) is 2.26. The zero-order chi connectivity index (χ0) is 13.1. The number of carbonyl (C=O) groups is 2. The van der Waals surface area contributed by atoms with Crippen molar-refractivity contribution in [2.75, 3.05) is 6.61 Å². The average molecular weight is 244 g/mol. The van der Waals surface area contributed by atoms with Gasteiger partial charge in [0.15, 0.2) is 6.10 Å². The van der Waals surface area contributed by atoms with E-state index in [1.54, 1.807) is 0 Å². The molecule has 0 spiro atoms. The summed E-state index contributed by atoms with van der Waals surface area (Å²) in [6, 6.07) is 0. The Morgan fingerprint density at radius 2 is 1.82 bits per heavy atom. The Bertz CT molecular complexity index is 249. The van der Waals surface area contributed by atoms with E-state index in [0.717, 1.165) is 19.3 Å². The third kappa shape index (κ3) is 9.56. The van der Waals surface area contributed by atoms with Crippen molar-refractivity contribution in [1.29, 1.82) is 0 Å². The monoisotopic (exact) mass is 244 g/mol. The highest BCUT2D eigenvalue weighted by Crippen LogP contribution is 2.10. The number of unbranched alkanes of at least 4 members (excludes halogenated alkanes) is 3. The van der Waals surface area contributed by atoms with Gasteiger partial charge in [-0.3, -0.25) is 4.79 Å². The van der Waals surface area contributed by atoms with Gasteiger partial charge in [-0.05, 0) is 12.8 Å². The zero-order valence-corrected chi connectivity index (χ0v) is 9.93. The van der Waals surface area contributed by atoms with Crippen LogP contribution in [0.2, 0.25) is 0 Å². The molecule has 98 valence electrons. The molecule has 0 aromatic rings. The van der Waals surface area contributed by atoms with Gasteiger partial charge in [0.2, 0.25) is 0 Å². The Balaban J connectivity index is 3.57. The van der Waals surface area contributed by atoms with Crippen molar-refractivity contribution in [3.05, 3.63) is 12.7 Å². The van der Waals surface area contributed by atoms with E-state index < -0.39 is 18.0 Å². The van der Waals surface area contributed by atoms with E-state index in [2.05, 4.69) is 6.58 Å². The summed E-state index contributed by atoms with van der Waals surface area (Å²) in [5.74, 6) is -1.75. The molecular formula is C12H20O5. The molecule has 5 nitrogen and oxygen atoms in total. The first-order valence-electron chi connectivity index (χ1n) is 5.75. The van der Waals surface area contributed by atoms with Gasteiger partial charge in [-0.25, -0.2) is 4.79 Å². The van der Waals surface area contributed by atoms with Gasteiger partial charge in [0.25, 0.3) is 0 Å². The summed E-state index contributed by atoms with van der Waals surface area (Å²) in [6.45, 7) is 3.69. The number of ether oxygens (including phenoxy) is 1. The minimum Gasteiger partial charge on any atom is -0.481 e. The summed E-state index contributed by atoms with van der Waals surface area (Å²) >= 11 is 0. The first-order valence-corrected chi connectivity index (χ1v) is 5.75. The Labute approximate surface area is 101 Å². The molecule has 0 aromatic carbocycles. The highest BCUT2D eigenvalue weighted by atomic mass is 16.5. The topological polar surface area (TPSA) is 83.8 Å². The van der Waals surface area contributed by atoms with Gasteiger partial charge in [0.05, 0.1) is 6.61 Å². The van der Waals surface area contributed by atoms with Gasteiger partial charge in [0, 0.05) is 6.42 Å². The minimum absolute atomic E-state index is 0.176. The summed E-state index contributed by atoms with van der Waals surface area (Å²) in [5.41, 5.74) is 0. The maximum atomic E-state index is 10.8. The number of rotatable bonds is 11. The molecule has 0 amide bonds. The third-order valence-corrected chi connectivity index (χ3v) is 2.30. The normalized spacial score (nSPS) is 12.0. The van der Waals surface area contributed by atoms with Crippen LogP contribution in [0.4, 0.5) is 0 Å². The molecule has 17 heavy (non-hydrogen) atoms. The molecular weight excluding hydrogens is 224 g/mol. The van der Waals surface area contributed by atoms with E-state index in [-0.39, 0.29) is 13.0 Å². The molecule has 0 aromatic heterocycles. The number of hydrogen-bond donors (Lipinski definition) is 2. The molecule has 0 aliphatic rings. The summed E-state index contributed by atoms with van der Waals surface area (Å²) in [7, 11) is 0. The molecule has 1 atom stereocenters. The Morgan fingerprint density at radius 3 is 2.35 bits per heavy atom. The van der Waals surface area contributed by atoms with Crippen LogP contribution in [0.3, 0.4) is 0 Å². The maximum absolute atomic E-state index is 10.8. The van der Waals surface area contributed by atoms with E-state index in [1.807, 2.05) is 0 Å². The summed E-state index contributed by atoms with van der Waals surface area (Å²) in [5, 5.41) is 17.3. The van der Waals surface area contributed by atoms with Crippen LogP contribution in [-0.2, 0) is 14.3 Å². The zero-order valence-electron chi connectivity index (χ0n) is 9.93. The fraction of sp³-hybridized carbons (Fsp3) is 0.667. The second-order valence-corrected chi connectivity index (χ2v) is 3.80. The van der Waals surface area contributed by atoms with E-state index in [1.165, 1.54) is 6.08 Å². The summed E-state index contributed by atoms with van der Waals surface area (Å²) < 4.78 is 5.09. The fourth-order valence-electron chi connectivity index (χ4n) is 1.42. The predicted molar refractivity (Wildman–Crippen MR) is 62.9 cm³/mol. The van der Waals surface area contributed by atoms with Crippen LogP contribution < -0.4 is 0 Å². The second-order valence-electron chi connectivity index (χ2n) is 3.80. The van der Waals surface area contributed by atoms with Crippen LogP contribution in [0.5, 0.6) is 0 Å². The highest BCUT2D eigenvalue weighted by molar-refractivity contribution is 5.72. The van der Waals surface area contributed by atoms with E-state index >= 15 is 0 Å². The van der Waals surface area contributed by atoms with Crippen LogP contribution in [0.25, 0.3) is 0 Å². The summed E-state index contributed by atoms with van der Waals surface area (Å²) in [6.07, 6.45) is 4.37. The number of aliphatic carboxylic acids is 2. The van der Waals surface area contributed by atoms with Crippen molar-refractivity contribution < 1.29 is 24.5 Å². The molecule has 0 aliphatic carbocycles. The first kappa shape index (κ1) is 15.6. The Hall–Kier alpha value is -1.36. The maximum Gasteiger partial charge on any atom is 0.332 e. The van der Waals surface area contributed by atoms with E-state index in [9.17, 15) is 9.59 Å². The molecule has 0 radical (unpaired) electrons. The predicted octanol–water partition coefficient (Wildman–Crippen LogP) is 2.07. The van der Waals surface area contributed by atoms with Crippen molar-refractivity contribution in [2.24, 2.45) is 0 Å². The van der Waals surface area contributed by atoms with Crippen molar-refractivity contribution in [1.82, 2.24) is 0 Å². The van der Waals surface area contributed by atoms with Gasteiger partial charge in [-0.15, -0.1) is 6.58 Å². The van der Waals surface area contributed by atoms with Crippen LogP contribution >= 0.6 is 0 Å². The summed E-state index contributed by atoms with van der Waals surface area (Å²) in [4.78, 5) is 21.0. The molecule has 2 N–H and O–H groups in total. The lowest BCUT2D eigenvalue weighted by Gasteiger charge is -2.11. The van der Waals surface area contributed by atoms with Gasteiger partial charge in [-0.2, -0.15) is 0 Å². The van der Waals surface area contributed by atoms with Crippen molar-refractivity contribution in [3.8, 4) is 0 Å². The molecule has 0 rings (SSSR count). The lowest BCUT2D eigenvalue weighted by molar-refractivity contribution is -0.150. The quantitative estimate of drug-likeness (QED) is 0.429. The lowest BCUT2D eigenvalue weighted by atomic mass is 10.1. The molecule has 0 fully saturated rings. The van der Waals surface area contributed by atoms with E-state index in [4.69, 9.17) is 14.9 Å². The smallest absolute Gasteiger partial charge is 0.332 e. The largest absolute Gasteiger partial charge is 0.481 e. The molecule has 0 aliphatic heterocycles. The molecule has 5 heteroatoms. The molecule has 1 unspecified atom stereocenters. The number of carboxylic acid groups (broad SMARTS) is 2. The standard InChI is InChI=1S/C12H20O5/c1-2-9-17-10(12(15)16)7-5-3-4-6-8-11(13)14/h2,10H,1,3-9H2,(H,13,14)(H,15,16). The fourth-order valence-corrected chi connectivity index (χ4v) is 1.42. The SMILES string of the molecule is C=CCOC(CCCCCCC(=O)O)C(=O)O. The van der Waals surface area contributed by atoms with Gasteiger partial charge in [0.1, 0.15) is 0 Å². The van der Waals surface area contributed by atoms with Crippen molar-refractivity contribution >= 4 is 11.9 Å². The first-order chi connectivity index (χ1) is 8.07. The van der Waals surface area contributed by atoms with Crippen LogP contribution in [0.15, 0.2) is 12.7 Å². The lowest BCUT2D eigenvalue weighted by Crippen LogP contribution is -2.23. The Kier molecular flexibility index (Phi) is 9.05. The molecule has 0 bridgehead atoms. The van der Waals surface area contributed by atoms with Crippen molar-refractivity contribution in [2.45, 2.75) is 44.6 Å². The Morgan fingerprint density at radius 1 is 1.18 bits per heavy atom. The highest BCUT2D eigenvalue weighted by Gasteiger charge is 2.16. The number of carboxylic acids is 2. The minimum atomic E-state index is -0.961. The van der Waals surface area contributed by atoms with Gasteiger partial charge < -0.3 is 14.9 Å². The van der Waals surface area contributed by atoms with E-state index in [0.29, 0.717) is 12.8 Å². The molecule has 0 heterocycles. The van der Waals surface area contributed by atoms with Crippen LogP contribution in [0.1, 0.15) is 38.5 Å². The third-order valence-electron chi connectivity index (χ3n) is 2.30. The van der Waals surface area contributed by atoms with Crippen LogP contribution in [-0.4, -0.2) is 34.9 Å². The second kappa shape index (κ2) is 9.84.